The summed E-state index contributed by atoms with van der Waals surface area (Å²) in [7, 11) is 1.57. The van der Waals surface area contributed by atoms with Gasteiger partial charge in [0.25, 0.3) is 0 Å². The highest BCUT2D eigenvalue weighted by atomic mass is 16.4. The Bertz CT molecular complexity index is 192. The Morgan fingerprint density at radius 2 is 2.00 bits per heavy atom. The summed E-state index contributed by atoms with van der Waals surface area (Å²) >= 11 is 0. The summed E-state index contributed by atoms with van der Waals surface area (Å²) in [6.07, 6.45) is 3.24. The Balaban J connectivity index is 3.96. The molecular weight excluding hydrogens is 182 g/mol. The van der Waals surface area contributed by atoms with Crippen LogP contribution in [0.4, 0.5) is 0 Å². The number of hydrogen-bond donors (Lipinski definition) is 2. The molecular formula is C10H19NO3. The molecule has 1 amide bonds. The molecule has 1 unspecified atom stereocenters. The van der Waals surface area contributed by atoms with Crippen molar-refractivity contribution in [1.29, 1.82) is 0 Å². The van der Waals surface area contributed by atoms with Crippen LogP contribution in [0.3, 0.4) is 0 Å². The van der Waals surface area contributed by atoms with Gasteiger partial charge in [-0.3, -0.25) is 9.59 Å². The number of aliphatic carboxylic acids is 1. The topological polar surface area (TPSA) is 66.4 Å². The van der Waals surface area contributed by atoms with E-state index in [1.165, 1.54) is 0 Å². The highest BCUT2D eigenvalue weighted by molar-refractivity contribution is 5.76. The SMILES string of the molecule is CCCCC(CC(=O)O)CC(=O)NC. The summed E-state index contributed by atoms with van der Waals surface area (Å²) in [6.45, 7) is 2.05. The largest absolute Gasteiger partial charge is 0.481 e. The Kier molecular flexibility index (Phi) is 6.80. The lowest BCUT2D eigenvalue weighted by molar-refractivity contribution is -0.138. The van der Waals surface area contributed by atoms with Crippen LogP contribution in [0.1, 0.15) is 39.0 Å². The van der Waals surface area contributed by atoms with Crippen LogP contribution in [-0.4, -0.2) is 24.0 Å². The minimum absolute atomic E-state index is 0.0209. The molecule has 1 atom stereocenters. The van der Waals surface area contributed by atoms with Crippen molar-refractivity contribution in [3.8, 4) is 0 Å². The van der Waals surface area contributed by atoms with E-state index in [9.17, 15) is 9.59 Å². The number of carbonyl (C=O) groups excluding carboxylic acids is 1. The maximum atomic E-state index is 11.1. The Hall–Kier alpha value is -1.06. The van der Waals surface area contributed by atoms with E-state index < -0.39 is 5.97 Å². The maximum absolute atomic E-state index is 11.1. The van der Waals surface area contributed by atoms with Gasteiger partial charge in [-0.25, -0.2) is 0 Å². The molecule has 0 heterocycles. The lowest BCUT2D eigenvalue weighted by atomic mass is 9.95. The zero-order chi connectivity index (χ0) is 11.0. The quantitative estimate of drug-likeness (QED) is 0.654. The van der Waals surface area contributed by atoms with Crippen LogP contribution in [0.15, 0.2) is 0 Å². The van der Waals surface area contributed by atoms with Crippen molar-refractivity contribution in [3.63, 3.8) is 0 Å². The first-order valence-corrected chi connectivity index (χ1v) is 5.02. The van der Waals surface area contributed by atoms with Crippen LogP contribution >= 0.6 is 0 Å². The maximum Gasteiger partial charge on any atom is 0.303 e. The second kappa shape index (κ2) is 7.35. The number of nitrogens with one attached hydrogen (secondary N) is 1. The smallest absolute Gasteiger partial charge is 0.303 e. The van der Waals surface area contributed by atoms with E-state index in [0.717, 1.165) is 19.3 Å². The first kappa shape index (κ1) is 12.9. The molecule has 0 aliphatic rings. The predicted molar refractivity (Wildman–Crippen MR) is 54.0 cm³/mol. The van der Waals surface area contributed by atoms with Gasteiger partial charge in [0, 0.05) is 19.9 Å². The van der Waals surface area contributed by atoms with Gasteiger partial charge in [-0.15, -0.1) is 0 Å². The van der Waals surface area contributed by atoms with Crippen LogP contribution in [0.5, 0.6) is 0 Å². The Morgan fingerprint density at radius 3 is 2.43 bits per heavy atom. The molecule has 0 radical (unpaired) electrons. The lowest BCUT2D eigenvalue weighted by Crippen LogP contribution is -2.22. The monoisotopic (exact) mass is 201 g/mol. The summed E-state index contributed by atoms with van der Waals surface area (Å²) in [5.74, 6) is -0.922. The minimum Gasteiger partial charge on any atom is -0.481 e. The summed E-state index contributed by atoms with van der Waals surface area (Å²) < 4.78 is 0. The first-order chi connectivity index (χ1) is 6.60. The molecule has 0 aromatic rings. The average molecular weight is 201 g/mol. The third-order valence-corrected chi connectivity index (χ3v) is 2.18. The van der Waals surface area contributed by atoms with Gasteiger partial charge in [0.05, 0.1) is 0 Å². The van der Waals surface area contributed by atoms with Gasteiger partial charge < -0.3 is 10.4 Å². The summed E-state index contributed by atoms with van der Waals surface area (Å²) in [5, 5.41) is 11.2. The second-order valence-electron chi connectivity index (χ2n) is 3.48. The molecule has 14 heavy (non-hydrogen) atoms. The van der Waals surface area contributed by atoms with E-state index in [1.807, 2.05) is 0 Å². The number of hydrogen-bond acceptors (Lipinski definition) is 2. The molecule has 82 valence electrons. The number of carbonyl (C=O) groups is 2. The molecule has 0 rings (SSSR count). The fraction of sp³-hybridized carbons (Fsp3) is 0.800. The van der Waals surface area contributed by atoms with Gasteiger partial charge in [0.1, 0.15) is 0 Å². The fourth-order valence-corrected chi connectivity index (χ4v) is 1.38. The van der Waals surface area contributed by atoms with Crippen LogP contribution in [0.2, 0.25) is 0 Å². The zero-order valence-electron chi connectivity index (χ0n) is 8.88. The number of amides is 1. The summed E-state index contributed by atoms with van der Waals surface area (Å²) in [5.41, 5.74) is 0. The van der Waals surface area contributed by atoms with Gasteiger partial charge in [0.2, 0.25) is 5.91 Å². The van der Waals surface area contributed by atoms with Crippen LogP contribution < -0.4 is 5.32 Å². The minimum atomic E-state index is -0.824. The number of carboxylic acids is 1. The van der Waals surface area contributed by atoms with Crippen molar-refractivity contribution >= 4 is 11.9 Å². The molecule has 4 heteroatoms. The van der Waals surface area contributed by atoms with Crippen molar-refractivity contribution in [2.45, 2.75) is 39.0 Å². The Labute approximate surface area is 84.7 Å². The molecule has 0 aliphatic carbocycles. The molecule has 4 nitrogen and oxygen atoms in total. The van der Waals surface area contributed by atoms with Crippen molar-refractivity contribution in [2.75, 3.05) is 7.05 Å². The van der Waals surface area contributed by atoms with Crippen LogP contribution in [0, 0.1) is 5.92 Å². The van der Waals surface area contributed by atoms with Gasteiger partial charge >= 0.3 is 5.97 Å². The van der Waals surface area contributed by atoms with Gasteiger partial charge in [-0.1, -0.05) is 19.8 Å². The van der Waals surface area contributed by atoms with Crippen molar-refractivity contribution in [3.05, 3.63) is 0 Å². The van der Waals surface area contributed by atoms with E-state index in [0.29, 0.717) is 6.42 Å². The molecule has 2 N–H and O–H groups in total. The van der Waals surface area contributed by atoms with E-state index in [1.54, 1.807) is 7.05 Å². The highest BCUT2D eigenvalue weighted by Gasteiger charge is 2.15. The van der Waals surface area contributed by atoms with Crippen LogP contribution in [-0.2, 0) is 9.59 Å². The number of unbranched alkanes of at least 4 members (excludes halogenated alkanes) is 1. The van der Waals surface area contributed by atoms with E-state index >= 15 is 0 Å². The third-order valence-electron chi connectivity index (χ3n) is 2.18. The number of carboxylic acid groups (broad SMARTS) is 1. The van der Waals surface area contributed by atoms with Crippen LogP contribution in [0.25, 0.3) is 0 Å². The molecule has 0 fully saturated rings. The van der Waals surface area contributed by atoms with Gasteiger partial charge in [-0.2, -0.15) is 0 Å². The normalized spacial score (nSPS) is 12.1. The standard InChI is InChI=1S/C10H19NO3/c1-3-4-5-8(7-10(13)14)6-9(12)11-2/h8H,3-7H2,1-2H3,(H,11,12)(H,13,14). The Morgan fingerprint density at radius 1 is 1.36 bits per heavy atom. The second-order valence-corrected chi connectivity index (χ2v) is 3.48. The van der Waals surface area contributed by atoms with Gasteiger partial charge in [0.15, 0.2) is 0 Å². The average Bonchev–Trinajstić information content (AvgIpc) is 2.13. The molecule has 0 aromatic carbocycles. The molecule has 0 bridgehead atoms. The van der Waals surface area contributed by atoms with Crippen molar-refractivity contribution < 1.29 is 14.7 Å². The van der Waals surface area contributed by atoms with Crippen molar-refractivity contribution in [2.24, 2.45) is 5.92 Å². The fourth-order valence-electron chi connectivity index (χ4n) is 1.38. The van der Waals surface area contributed by atoms with E-state index in [2.05, 4.69) is 12.2 Å². The predicted octanol–water partition coefficient (Wildman–Crippen LogP) is 1.40. The molecule has 0 aromatic heterocycles. The molecule has 0 saturated heterocycles. The third kappa shape index (κ3) is 6.46. The molecule has 0 spiro atoms. The van der Waals surface area contributed by atoms with E-state index in [-0.39, 0.29) is 18.2 Å². The van der Waals surface area contributed by atoms with Gasteiger partial charge in [-0.05, 0) is 12.3 Å². The summed E-state index contributed by atoms with van der Waals surface area (Å²) in [6, 6.07) is 0. The van der Waals surface area contributed by atoms with E-state index in [4.69, 9.17) is 5.11 Å². The molecule has 0 aliphatic heterocycles. The summed E-state index contributed by atoms with van der Waals surface area (Å²) in [4.78, 5) is 21.6. The zero-order valence-corrected chi connectivity index (χ0v) is 8.88. The number of rotatable bonds is 7. The highest BCUT2D eigenvalue weighted by Crippen LogP contribution is 2.16. The first-order valence-electron chi connectivity index (χ1n) is 5.02. The van der Waals surface area contributed by atoms with Crippen molar-refractivity contribution in [1.82, 2.24) is 5.32 Å². The molecule has 0 saturated carbocycles. The lowest BCUT2D eigenvalue weighted by Gasteiger charge is -2.12.